The van der Waals surface area contributed by atoms with E-state index in [4.69, 9.17) is 10.2 Å². The van der Waals surface area contributed by atoms with Gasteiger partial charge >= 0.3 is 0 Å². The van der Waals surface area contributed by atoms with Gasteiger partial charge in [-0.2, -0.15) is 0 Å². The molecule has 0 radical (unpaired) electrons. The molecule has 0 aromatic carbocycles. The van der Waals surface area contributed by atoms with Crippen LogP contribution in [0.5, 0.6) is 0 Å². The molecule has 0 amide bonds. The molecule has 11 heavy (non-hydrogen) atoms. The van der Waals surface area contributed by atoms with Gasteiger partial charge in [0.1, 0.15) is 6.67 Å². The molecule has 0 fully saturated rings. The van der Waals surface area contributed by atoms with E-state index in [1.807, 2.05) is 0 Å². The molecule has 0 saturated carbocycles. The van der Waals surface area contributed by atoms with Gasteiger partial charge in [-0.25, -0.2) is 17.6 Å². The maximum absolute atomic E-state index is 12.0. The van der Waals surface area contributed by atoms with E-state index in [1.54, 1.807) is 0 Å². The Hall–Kier alpha value is -0.360. The van der Waals surface area contributed by atoms with E-state index in [2.05, 4.69) is 0 Å². The highest BCUT2D eigenvalue weighted by Crippen LogP contribution is 2.17. The molecule has 0 heterocycles. The van der Waals surface area contributed by atoms with E-state index < -0.39 is 31.5 Å². The minimum Gasteiger partial charge on any atom is -0.363 e. The SMILES string of the molecule is OC(O)(CF)CC(F)C(F)F. The van der Waals surface area contributed by atoms with E-state index in [0.29, 0.717) is 0 Å². The van der Waals surface area contributed by atoms with Crippen LogP contribution < -0.4 is 0 Å². The Morgan fingerprint density at radius 1 is 1.18 bits per heavy atom. The van der Waals surface area contributed by atoms with Gasteiger partial charge in [0.25, 0.3) is 6.43 Å². The zero-order valence-electron chi connectivity index (χ0n) is 5.48. The van der Waals surface area contributed by atoms with Crippen molar-refractivity contribution in [3.05, 3.63) is 0 Å². The minimum atomic E-state index is -3.32. The van der Waals surface area contributed by atoms with Gasteiger partial charge in [-0.15, -0.1) is 0 Å². The summed E-state index contributed by atoms with van der Waals surface area (Å²) in [6.07, 6.45) is -7.35. The van der Waals surface area contributed by atoms with Gasteiger partial charge in [0.2, 0.25) is 0 Å². The molecule has 0 bridgehead atoms. The first-order chi connectivity index (χ1) is 4.89. The number of alkyl halides is 4. The Morgan fingerprint density at radius 2 is 1.64 bits per heavy atom. The number of aliphatic hydroxyl groups is 2. The summed E-state index contributed by atoms with van der Waals surface area (Å²) in [5.74, 6) is -2.98. The highest BCUT2D eigenvalue weighted by molar-refractivity contribution is 4.70. The number of hydrogen-bond acceptors (Lipinski definition) is 2. The van der Waals surface area contributed by atoms with Gasteiger partial charge < -0.3 is 10.2 Å². The predicted molar refractivity (Wildman–Crippen MR) is 28.7 cm³/mol. The summed E-state index contributed by atoms with van der Waals surface area (Å²) >= 11 is 0. The highest BCUT2D eigenvalue weighted by Gasteiger charge is 2.32. The van der Waals surface area contributed by atoms with E-state index in [1.165, 1.54) is 0 Å². The maximum atomic E-state index is 12.0. The van der Waals surface area contributed by atoms with Gasteiger partial charge in [-0.05, 0) is 0 Å². The number of rotatable bonds is 4. The van der Waals surface area contributed by atoms with Crippen LogP contribution in [0.1, 0.15) is 6.42 Å². The molecule has 0 aromatic heterocycles. The zero-order chi connectivity index (χ0) is 9.07. The van der Waals surface area contributed by atoms with Crippen molar-refractivity contribution in [3.8, 4) is 0 Å². The lowest BCUT2D eigenvalue weighted by atomic mass is 10.1. The van der Waals surface area contributed by atoms with Gasteiger partial charge in [0, 0.05) is 6.42 Å². The molecule has 0 aliphatic heterocycles. The van der Waals surface area contributed by atoms with Crippen molar-refractivity contribution in [1.29, 1.82) is 0 Å². The first-order valence-corrected chi connectivity index (χ1v) is 2.82. The molecule has 2 N–H and O–H groups in total. The zero-order valence-corrected chi connectivity index (χ0v) is 5.48. The summed E-state index contributed by atoms with van der Waals surface area (Å²) in [4.78, 5) is 0. The summed E-state index contributed by atoms with van der Waals surface area (Å²) in [5.41, 5.74) is 0. The van der Waals surface area contributed by atoms with Crippen LogP contribution >= 0.6 is 0 Å². The largest absolute Gasteiger partial charge is 0.363 e. The summed E-state index contributed by atoms with van der Waals surface area (Å²) < 4.78 is 46.2. The molecule has 0 aliphatic rings. The first kappa shape index (κ1) is 10.6. The average Bonchev–Trinajstić information content (AvgIpc) is 1.87. The van der Waals surface area contributed by atoms with Crippen molar-refractivity contribution >= 4 is 0 Å². The minimum absolute atomic E-state index is 1.32. The molecule has 0 aromatic rings. The molecule has 68 valence electrons. The standard InChI is InChI=1S/C5H8F4O2/c6-2-5(10,11)1-3(7)4(8)9/h3-4,10-11H,1-2H2. The van der Waals surface area contributed by atoms with Crippen LogP contribution in [0.25, 0.3) is 0 Å². The van der Waals surface area contributed by atoms with Gasteiger partial charge in [0.05, 0.1) is 0 Å². The molecule has 6 heteroatoms. The van der Waals surface area contributed by atoms with Gasteiger partial charge in [0.15, 0.2) is 12.0 Å². The van der Waals surface area contributed by atoms with Crippen LogP contribution in [0.4, 0.5) is 17.6 Å². The van der Waals surface area contributed by atoms with Crippen molar-refractivity contribution in [2.24, 2.45) is 0 Å². The topological polar surface area (TPSA) is 40.5 Å². The molecule has 0 saturated heterocycles. The Labute approximate surface area is 60.4 Å². The van der Waals surface area contributed by atoms with E-state index in [0.717, 1.165) is 0 Å². The van der Waals surface area contributed by atoms with Crippen LogP contribution in [0, 0.1) is 0 Å². The smallest absolute Gasteiger partial charge is 0.269 e. The first-order valence-electron chi connectivity index (χ1n) is 2.82. The molecule has 1 unspecified atom stereocenters. The van der Waals surface area contributed by atoms with Crippen molar-refractivity contribution in [2.75, 3.05) is 6.67 Å². The Balaban J connectivity index is 3.83. The summed E-state index contributed by atoms with van der Waals surface area (Å²) in [6.45, 7) is -1.67. The summed E-state index contributed by atoms with van der Waals surface area (Å²) in [6, 6.07) is 0. The molecule has 1 atom stereocenters. The third kappa shape index (κ3) is 4.15. The molecule has 0 spiro atoms. The lowest BCUT2D eigenvalue weighted by molar-refractivity contribution is -0.192. The van der Waals surface area contributed by atoms with Crippen LogP contribution in [0.15, 0.2) is 0 Å². The van der Waals surface area contributed by atoms with Crippen LogP contribution in [0.2, 0.25) is 0 Å². The van der Waals surface area contributed by atoms with E-state index in [-0.39, 0.29) is 0 Å². The number of halogens is 4. The second kappa shape index (κ2) is 3.87. The van der Waals surface area contributed by atoms with Crippen LogP contribution in [-0.2, 0) is 0 Å². The van der Waals surface area contributed by atoms with Crippen LogP contribution in [-0.4, -0.2) is 35.3 Å². The van der Waals surface area contributed by atoms with Crippen molar-refractivity contribution in [1.82, 2.24) is 0 Å². The molecular formula is C5H8F4O2. The number of hydrogen-bond donors (Lipinski definition) is 2. The van der Waals surface area contributed by atoms with E-state index in [9.17, 15) is 17.6 Å². The summed E-state index contributed by atoms with van der Waals surface area (Å²) in [7, 11) is 0. The predicted octanol–water partition coefficient (Wildman–Crippen LogP) is 0.630. The quantitative estimate of drug-likeness (QED) is 0.487. The Bertz CT molecular complexity index is 117. The van der Waals surface area contributed by atoms with Crippen LogP contribution in [0.3, 0.4) is 0 Å². The third-order valence-corrected chi connectivity index (χ3v) is 1.01. The second-order valence-corrected chi connectivity index (χ2v) is 2.17. The fraction of sp³-hybridized carbons (Fsp3) is 1.00. The maximum Gasteiger partial charge on any atom is 0.269 e. The average molecular weight is 176 g/mol. The second-order valence-electron chi connectivity index (χ2n) is 2.17. The lowest BCUT2D eigenvalue weighted by Crippen LogP contribution is -2.36. The van der Waals surface area contributed by atoms with Crippen molar-refractivity contribution in [3.63, 3.8) is 0 Å². The normalized spacial score (nSPS) is 15.5. The van der Waals surface area contributed by atoms with Gasteiger partial charge in [-0.3, -0.25) is 0 Å². The summed E-state index contributed by atoms with van der Waals surface area (Å²) in [5, 5.41) is 16.7. The lowest BCUT2D eigenvalue weighted by Gasteiger charge is -2.19. The highest BCUT2D eigenvalue weighted by atomic mass is 19.3. The third-order valence-electron chi connectivity index (χ3n) is 1.01. The fourth-order valence-electron chi connectivity index (χ4n) is 0.456. The van der Waals surface area contributed by atoms with Crippen molar-refractivity contribution < 1.29 is 27.8 Å². The van der Waals surface area contributed by atoms with Crippen molar-refractivity contribution in [2.45, 2.75) is 24.8 Å². The molecular weight excluding hydrogens is 168 g/mol. The molecule has 2 nitrogen and oxygen atoms in total. The van der Waals surface area contributed by atoms with E-state index >= 15 is 0 Å². The fourth-order valence-corrected chi connectivity index (χ4v) is 0.456. The Morgan fingerprint density at radius 3 is 1.91 bits per heavy atom. The Kier molecular flexibility index (Phi) is 3.74. The monoisotopic (exact) mass is 176 g/mol. The van der Waals surface area contributed by atoms with Gasteiger partial charge in [-0.1, -0.05) is 0 Å². The molecule has 0 aliphatic carbocycles. The molecule has 0 rings (SSSR count).